The molecule has 0 spiro atoms. The van der Waals surface area contributed by atoms with Crippen molar-refractivity contribution in [3.8, 4) is 5.69 Å². The Morgan fingerprint density at radius 3 is 2.80 bits per heavy atom. The number of allylic oxidation sites excluding steroid dienone is 2. The molecule has 0 bridgehead atoms. The van der Waals surface area contributed by atoms with Crippen LogP contribution in [0.4, 0.5) is 4.39 Å². The van der Waals surface area contributed by atoms with Gasteiger partial charge in [-0.25, -0.2) is 9.07 Å². The molecule has 130 valence electrons. The molecule has 2 aromatic rings. The fourth-order valence-corrected chi connectivity index (χ4v) is 4.74. The van der Waals surface area contributed by atoms with Gasteiger partial charge in [-0.1, -0.05) is 18.6 Å². The largest absolute Gasteiger partial charge is 0.396 e. The molecule has 4 rings (SSSR count). The molecule has 3 nitrogen and oxygen atoms in total. The summed E-state index contributed by atoms with van der Waals surface area (Å²) >= 11 is 0. The van der Waals surface area contributed by atoms with Crippen molar-refractivity contribution in [3.63, 3.8) is 0 Å². The van der Waals surface area contributed by atoms with Crippen molar-refractivity contribution in [1.82, 2.24) is 9.78 Å². The van der Waals surface area contributed by atoms with Crippen LogP contribution in [0.3, 0.4) is 0 Å². The van der Waals surface area contributed by atoms with E-state index < -0.39 is 0 Å². The zero-order chi connectivity index (χ0) is 17.7. The molecule has 1 aromatic carbocycles. The molecule has 1 aromatic heterocycles. The van der Waals surface area contributed by atoms with Crippen molar-refractivity contribution in [2.24, 2.45) is 10.8 Å². The van der Waals surface area contributed by atoms with Crippen LogP contribution in [-0.2, 0) is 6.42 Å². The standard InChI is InChI=1S/C21H23FN2O/c1-3-9-21(14-25)10-8-16-11-19-15(12-20(16,21)2)13-23-24(19)18-6-4-17(22)5-7-18/h3-7,11,13,25H,1,8-10,12,14H2,2H3/t20-,21+/m0/s1. The van der Waals surface area contributed by atoms with E-state index in [2.05, 4.69) is 24.7 Å². The third-order valence-corrected chi connectivity index (χ3v) is 6.40. The summed E-state index contributed by atoms with van der Waals surface area (Å²) in [6.45, 7) is 6.35. The second kappa shape index (κ2) is 5.67. The molecule has 0 amide bonds. The molecule has 2 aliphatic carbocycles. The van der Waals surface area contributed by atoms with Crippen molar-refractivity contribution in [3.05, 3.63) is 65.8 Å². The first-order chi connectivity index (χ1) is 12.0. The minimum atomic E-state index is -0.247. The van der Waals surface area contributed by atoms with Crippen LogP contribution in [0.5, 0.6) is 0 Å². The van der Waals surface area contributed by atoms with Crippen LogP contribution in [0.2, 0.25) is 0 Å². The number of fused-ring (bicyclic) bond motifs is 2. The molecule has 1 N–H and O–H groups in total. The molecule has 4 heteroatoms. The summed E-state index contributed by atoms with van der Waals surface area (Å²) in [4.78, 5) is 0. The van der Waals surface area contributed by atoms with Crippen LogP contribution < -0.4 is 0 Å². The molecule has 0 unspecified atom stereocenters. The second-order valence-corrected chi connectivity index (χ2v) is 7.55. The highest BCUT2D eigenvalue weighted by atomic mass is 19.1. The Balaban J connectivity index is 1.79. The minimum Gasteiger partial charge on any atom is -0.396 e. The Morgan fingerprint density at radius 1 is 1.36 bits per heavy atom. The Hall–Kier alpha value is -2.20. The maximum absolute atomic E-state index is 13.2. The first-order valence-corrected chi connectivity index (χ1v) is 8.79. The van der Waals surface area contributed by atoms with Gasteiger partial charge in [0.05, 0.1) is 17.6 Å². The Bertz CT molecular complexity index is 851. The van der Waals surface area contributed by atoms with Crippen molar-refractivity contribution in [2.45, 2.75) is 32.6 Å². The Kier molecular flexibility index (Phi) is 3.69. The zero-order valence-corrected chi connectivity index (χ0v) is 14.5. The lowest BCUT2D eigenvalue weighted by molar-refractivity contribution is 0.0381. The van der Waals surface area contributed by atoms with Crippen molar-refractivity contribution >= 4 is 6.08 Å². The summed E-state index contributed by atoms with van der Waals surface area (Å²) in [6.07, 6.45) is 9.72. The predicted octanol–water partition coefficient (Wildman–Crippen LogP) is 4.31. The number of aliphatic hydroxyl groups excluding tert-OH is 1. The minimum absolute atomic E-state index is 0.0698. The van der Waals surface area contributed by atoms with Crippen LogP contribution in [0.25, 0.3) is 11.8 Å². The lowest BCUT2D eigenvalue weighted by Gasteiger charge is -2.44. The number of aliphatic hydroxyl groups is 1. The van der Waals surface area contributed by atoms with Gasteiger partial charge >= 0.3 is 0 Å². The van der Waals surface area contributed by atoms with E-state index >= 15 is 0 Å². The monoisotopic (exact) mass is 338 g/mol. The molecule has 2 atom stereocenters. The van der Waals surface area contributed by atoms with Gasteiger partial charge in [0.15, 0.2) is 0 Å². The van der Waals surface area contributed by atoms with Crippen molar-refractivity contribution in [1.29, 1.82) is 0 Å². The van der Waals surface area contributed by atoms with Crippen molar-refractivity contribution in [2.75, 3.05) is 6.61 Å². The van der Waals surface area contributed by atoms with Gasteiger partial charge in [-0.3, -0.25) is 0 Å². The third-order valence-electron chi connectivity index (χ3n) is 6.40. The fourth-order valence-electron chi connectivity index (χ4n) is 4.74. The van der Waals surface area contributed by atoms with E-state index in [0.29, 0.717) is 0 Å². The van der Waals surface area contributed by atoms with E-state index in [0.717, 1.165) is 37.1 Å². The topological polar surface area (TPSA) is 38.1 Å². The summed E-state index contributed by atoms with van der Waals surface area (Å²) in [5.74, 6) is -0.247. The van der Waals surface area contributed by atoms with Crippen LogP contribution in [-0.4, -0.2) is 21.5 Å². The predicted molar refractivity (Wildman–Crippen MR) is 96.9 cm³/mol. The maximum atomic E-state index is 13.2. The fraction of sp³-hybridized carbons (Fsp3) is 0.381. The Morgan fingerprint density at radius 2 is 2.12 bits per heavy atom. The van der Waals surface area contributed by atoms with Crippen LogP contribution >= 0.6 is 0 Å². The third kappa shape index (κ3) is 2.24. The highest BCUT2D eigenvalue weighted by Gasteiger charge is 2.54. The number of rotatable bonds is 4. The summed E-state index contributed by atoms with van der Waals surface area (Å²) in [7, 11) is 0. The molecule has 0 radical (unpaired) electrons. The van der Waals surface area contributed by atoms with E-state index in [9.17, 15) is 9.50 Å². The number of hydrogen-bond acceptors (Lipinski definition) is 2. The van der Waals surface area contributed by atoms with E-state index in [1.54, 1.807) is 12.1 Å². The summed E-state index contributed by atoms with van der Waals surface area (Å²) in [6, 6.07) is 6.42. The van der Waals surface area contributed by atoms with E-state index in [1.807, 2.05) is 17.0 Å². The zero-order valence-electron chi connectivity index (χ0n) is 14.5. The summed E-state index contributed by atoms with van der Waals surface area (Å²) < 4.78 is 15.1. The molecule has 25 heavy (non-hydrogen) atoms. The van der Waals surface area contributed by atoms with E-state index in [-0.39, 0.29) is 23.3 Å². The Labute approximate surface area is 147 Å². The lowest BCUT2D eigenvalue weighted by atomic mass is 9.60. The first-order valence-electron chi connectivity index (χ1n) is 8.79. The van der Waals surface area contributed by atoms with Gasteiger partial charge in [-0.05, 0) is 61.6 Å². The lowest BCUT2D eigenvalue weighted by Crippen LogP contribution is -2.41. The number of halogens is 1. The average Bonchev–Trinajstić information content (AvgIpc) is 3.13. The maximum Gasteiger partial charge on any atom is 0.123 e. The van der Waals surface area contributed by atoms with Gasteiger partial charge in [0, 0.05) is 17.4 Å². The summed E-state index contributed by atoms with van der Waals surface area (Å²) in [5, 5.41) is 14.7. The van der Waals surface area contributed by atoms with Crippen LogP contribution in [0, 0.1) is 16.6 Å². The van der Waals surface area contributed by atoms with Gasteiger partial charge in [0.25, 0.3) is 0 Å². The van der Waals surface area contributed by atoms with Gasteiger partial charge in [0.2, 0.25) is 0 Å². The van der Waals surface area contributed by atoms with Crippen LogP contribution in [0.1, 0.15) is 37.4 Å². The van der Waals surface area contributed by atoms with Crippen molar-refractivity contribution < 1.29 is 9.50 Å². The van der Waals surface area contributed by atoms with Crippen LogP contribution in [0.15, 0.2) is 48.7 Å². The molecule has 2 aliphatic rings. The molecular weight excluding hydrogens is 315 g/mol. The second-order valence-electron chi connectivity index (χ2n) is 7.55. The molecule has 0 saturated heterocycles. The number of hydrogen-bond donors (Lipinski definition) is 1. The normalized spacial score (nSPS) is 27.6. The van der Waals surface area contributed by atoms with Gasteiger partial charge in [0.1, 0.15) is 5.82 Å². The SMILES string of the molecule is C=CC[C@]1(CO)CCC2=Cc3c(cnn3-c3ccc(F)cc3)C[C@@]21C. The van der Waals surface area contributed by atoms with Gasteiger partial charge in [-0.15, -0.1) is 6.58 Å². The molecular formula is C21H23FN2O. The molecule has 1 saturated carbocycles. The molecule has 0 aliphatic heterocycles. The average molecular weight is 338 g/mol. The highest BCUT2D eigenvalue weighted by molar-refractivity contribution is 5.62. The first kappa shape index (κ1) is 16.3. The number of benzene rings is 1. The quantitative estimate of drug-likeness (QED) is 0.844. The number of nitrogens with zero attached hydrogens (tertiary/aromatic N) is 2. The molecule has 1 heterocycles. The molecule has 1 fully saturated rings. The van der Waals surface area contributed by atoms with E-state index in [4.69, 9.17) is 0 Å². The number of aromatic nitrogens is 2. The van der Waals surface area contributed by atoms with Gasteiger partial charge in [-0.2, -0.15) is 5.10 Å². The highest BCUT2D eigenvalue weighted by Crippen LogP contribution is 2.61. The van der Waals surface area contributed by atoms with Gasteiger partial charge < -0.3 is 5.11 Å². The smallest absolute Gasteiger partial charge is 0.123 e. The summed E-state index contributed by atoms with van der Waals surface area (Å²) in [5.41, 5.74) is 4.28. The van der Waals surface area contributed by atoms with E-state index in [1.165, 1.54) is 23.3 Å².